The second kappa shape index (κ2) is 12.6. The van der Waals surface area contributed by atoms with E-state index in [9.17, 15) is 14.3 Å². The molecular formula is C28H30FN5O5. The molecule has 10 nitrogen and oxygen atoms in total. The lowest BCUT2D eigenvalue weighted by Crippen LogP contribution is -2.33. The fourth-order valence-electron chi connectivity index (χ4n) is 4.35. The van der Waals surface area contributed by atoms with Gasteiger partial charge in [-0.2, -0.15) is 5.10 Å². The number of fused-ring (bicyclic) bond motifs is 1. The summed E-state index contributed by atoms with van der Waals surface area (Å²) < 4.78 is 33.2. The summed E-state index contributed by atoms with van der Waals surface area (Å²) >= 11 is 0. The summed E-state index contributed by atoms with van der Waals surface area (Å²) in [6.45, 7) is 0.00804. The van der Waals surface area contributed by atoms with Crippen molar-refractivity contribution in [2.75, 3.05) is 19.8 Å². The van der Waals surface area contributed by atoms with Gasteiger partial charge in [-0.25, -0.2) is 18.9 Å². The van der Waals surface area contributed by atoms with Crippen molar-refractivity contribution >= 4 is 17.0 Å². The molecule has 0 spiro atoms. The number of aromatic nitrogens is 4. The van der Waals surface area contributed by atoms with Crippen LogP contribution in [0, 0.1) is 0 Å². The number of carbonyl (C=O) groups is 1. The Morgan fingerprint density at radius 3 is 2.87 bits per heavy atom. The molecule has 204 valence electrons. The second-order valence-corrected chi connectivity index (χ2v) is 9.20. The van der Waals surface area contributed by atoms with Crippen LogP contribution in [0.5, 0.6) is 5.75 Å². The summed E-state index contributed by atoms with van der Waals surface area (Å²) in [7, 11) is 0. The van der Waals surface area contributed by atoms with Crippen LogP contribution in [0.1, 0.15) is 36.7 Å². The lowest BCUT2D eigenvalue weighted by molar-refractivity contribution is -0.0365. The van der Waals surface area contributed by atoms with Gasteiger partial charge in [0.25, 0.3) is 0 Å². The Kier molecular flexibility index (Phi) is 8.59. The van der Waals surface area contributed by atoms with E-state index in [0.717, 1.165) is 35.7 Å². The van der Waals surface area contributed by atoms with Crippen LogP contribution < -0.4 is 10.1 Å². The third-order valence-electron chi connectivity index (χ3n) is 6.31. The van der Waals surface area contributed by atoms with Crippen molar-refractivity contribution in [3.63, 3.8) is 0 Å². The number of benzene rings is 2. The van der Waals surface area contributed by atoms with Crippen molar-refractivity contribution in [2.24, 2.45) is 0 Å². The van der Waals surface area contributed by atoms with E-state index in [-0.39, 0.29) is 32.6 Å². The van der Waals surface area contributed by atoms with Gasteiger partial charge in [-0.15, -0.1) is 0 Å². The second-order valence-electron chi connectivity index (χ2n) is 9.20. The van der Waals surface area contributed by atoms with E-state index in [4.69, 9.17) is 19.3 Å². The molecule has 2 atom stereocenters. The lowest BCUT2D eigenvalue weighted by Gasteiger charge is -2.23. The van der Waals surface area contributed by atoms with Crippen molar-refractivity contribution < 1.29 is 28.5 Å². The highest BCUT2D eigenvalue weighted by atomic mass is 19.1. The standard InChI is InChI=1S/C28H30FN5O5/c29-20(13-31-28(36)39-17-19-6-2-1-3-7-19)18-38-22-9-10-25-23(12-22)27(24-15-30-14-21(16-35)32-24)33-34(25)26-8-4-5-11-37-26/h1-3,6-7,9-10,12,14-15,20,26,35H,4-5,8,11,13,16-18H2,(H,31,36)/t20-,26?/m1/s1. The molecule has 11 heteroatoms. The minimum atomic E-state index is -1.45. The molecule has 0 saturated carbocycles. The monoisotopic (exact) mass is 535 g/mol. The molecule has 1 aliphatic heterocycles. The number of rotatable bonds is 10. The van der Waals surface area contributed by atoms with Crippen molar-refractivity contribution in [3.8, 4) is 17.1 Å². The SMILES string of the molecule is O=C(NC[C@@H](F)COc1ccc2c(c1)c(-c1cncc(CO)n1)nn2C1CCCCO1)OCc1ccccc1. The quantitative estimate of drug-likeness (QED) is 0.308. The summed E-state index contributed by atoms with van der Waals surface area (Å²) in [6.07, 6.45) is 3.60. The number of nitrogens with zero attached hydrogens (tertiary/aromatic N) is 4. The van der Waals surface area contributed by atoms with Crippen LogP contribution in [0.2, 0.25) is 0 Å². The number of hydrogen-bond acceptors (Lipinski definition) is 8. The number of amides is 1. The fourth-order valence-corrected chi connectivity index (χ4v) is 4.35. The Morgan fingerprint density at radius 1 is 1.21 bits per heavy atom. The molecule has 1 saturated heterocycles. The largest absolute Gasteiger partial charge is 0.490 e. The van der Waals surface area contributed by atoms with E-state index in [0.29, 0.717) is 29.4 Å². The average Bonchev–Trinajstić information content (AvgIpc) is 3.38. The molecule has 2 aromatic heterocycles. The molecule has 1 fully saturated rings. The van der Waals surface area contributed by atoms with Gasteiger partial charge in [0.2, 0.25) is 0 Å². The Balaban J connectivity index is 1.26. The number of aliphatic hydroxyl groups excluding tert-OH is 1. The van der Waals surface area contributed by atoms with Gasteiger partial charge in [0.1, 0.15) is 30.4 Å². The number of nitrogens with one attached hydrogen (secondary N) is 1. The number of hydrogen-bond donors (Lipinski definition) is 2. The van der Waals surface area contributed by atoms with Gasteiger partial charge in [0.15, 0.2) is 12.4 Å². The molecule has 3 heterocycles. The van der Waals surface area contributed by atoms with Crippen LogP contribution in [-0.2, 0) is 22.7 Å². The van der Waals surface area contributed by atoms with Crippen LogP contribution in [0.25, 0.3) is 22.3 Å². The zero-order valence-electron chi connectivity index (χ0n) is 21.3. The van der Waals surface area contributed by atoms with Crippen LogP contribution in [0.15, 0.2) is 60.9 Å². The summed E-state index contributed by atoms with van der Waals surface area (Å²) in [5, 5.41) is 17.5. The van der Waals surface area contributed by atoms with Crippen molar-refractivity contribution in [3.05, 3.63) is 72.2 Å². The molecular weight excluding hydrogens is 505 g/mol. The van der Waals surface area contributed by atoms with Crippen LogP contribution >= 0.6 is 0 Å². The molecule has 5 rings (SSSR count). The molecule has 0 aliphatic carbocycles. The first-order chi connectivity index (χ1) is 19.1. The van der Waals surface area contributed by atoms with Crippen LogP contribution in [-0.4, -0.2) is 56.9 Å². The topological polar surface area (TPSA) is 121 Å². The normalized spacial score (nSPS) is 16.1. The highest BCUT2D eigenvalue weighted by molar-refractivity contribution is 5.93. The average molecular weight is 536 g/mol. The third-order valence-corrected chi connectivity index (χ3v) is 6.31. The van der Waals surface area contributed by atoms with Crippen molar-refractivity contribution in [2.45, 2.75) is 44.9 Å². The molecule has 0 bridgehead atoms. The molecule has 1 amide bonds. The van der Waals surface area contributed by atoms with Crippen LogP contribution in [0.4, 0.5) is 9.18 Å². The Bertz CT molecular complexity index is 1390. The number of carbonyl (C=O) groups excluding carboxylic acids is 1. The molecule has 1 aliphatic rings. The van der Waals surface area contributed by atoms with E-state index in [2.05, 4.69) is 15.3 Å². The van der Waals surface area contributed by atoms with Gasteiger partial charge in [0, 0.05) is 12.0 Å². The third kappa shape index (κ3) is 6.68. The molecule has 2 N–H and O–H groups in total. The van der Waals surface area contributed by atoms with E-state index < -0.39 is 12.3 Å². The Morgan fingerprint density at radius 2 is 2.08 bits per heavy atom. The first kappa shape index (κ1) is 26.5. The summed E-state index contributed by atoms with van der Waals surface area (Å²) in [6, 6.07) is 14.6. The fraction of sp³-hybridized carbons (Fsp3) is 0.357. The van der Waals surface area contributed by atoms with E-state index in [1.807, 2.05) is 41.1 Å². The molecule has 1 unspecified atom stereocenters. The Labute approximate surface area is 224 Å². The van der Waals surface area contributed by atoms with Gasteiger partial charge in [-0.05, 0) is 43.0 Å². The lowest BCUT2D eigenvalue weighted by atomic mass is 10.1. The smallest absolute Gasteiger partial charge is 0.407 e. The van der Waals surface area contributed by atoms with E-state index in [1.54, 1.807) is 18.3 Å². The number of aliphatic hydroxyl groups is 1. The van der Waals surface area contributed by atoms with Gasteiger partial charge in [-0.1, -0.05) is 30.3 Å². The van der Waals surface area contributed by atoms with Gasteiger partial charge >= 0.3 is 6.09 Å². The summed E-state index contributed by atoms with van der Waals surface area (Å²) in [5.41, 5.74) is 3.15. The number of halogens is 1. The minimum Gasteiger partial charge on any atom is -0.490 e. The maximum atomic E-state index is 14.5. The molecule has 0 radical (unpaired) electrons. The molecule has 4 aromatic rings. The highest BCUT2D eigenvalue weighted by Crippen LogP contribution is 2.34. The van der Waals surface area contributed by atoms with Crippen molar-refractivity contribution in [1.82, 2.24) is 25.1 Å². The predicted molar refractivity (Wildman–Crippen MR) is 141 cm³/mol. The number of alkyl halides is 1. The highest BCUT2D eigenvalue weighted by Gasteiger charge is 2.23. The molecule has 39 heavy (non-hydrogen) atoms. The van der Waals surface area contributed by atoms with E-state index in [1.165, 1.54) is 6.20 Å². The molecule has 2 aromatic carbocycles. The van der Waals surface area contributed by atoms with Crippen molar-refractivity contribution in [1.29, 1.82) is 0 Å². The van der Waals surface area contributed by atoms with Gasteiger partial charge < -0.3 is 24.6 Å². The number of ether oxygens (including phenoxy) is 3. The van der Waals surface area contributed by atoms with E-state index >= 15 is 0 Å². The van der Waals surface area contributed by atoms with Gasteiger partial charge in [0.05, 0.1) is 36.8 Å². The maximum Gasteiger partial charge on any atom is 0.407 e. The first-order valence-electron chi connectivity index (χ1n) is 12.9. The first-order valence-corrected chi connectivity index (χ1v) is 12.9. The minimum absolute atomic E-state index is 0.105. The van der Waals surface area contributed by atoms with Crippen LogP contribution in [0.3, 0.4) is 0 Å². The predicted octanol–water partition coefficient (Wildman–Crippen LogP) is 4.33. The maximum absolute atomic E-state index is 14.5. The Hall–Kier alpha value is -4.09. The number of alkyl carbamates (subject to hydrolysis) is 1. The summed E-state index contributed by atoms with van der Waals surface area (Å²) in [5.74, 6) is 0.438. The zero-order chi connectivity index (χ0) is 27.0. The zero-order valence-corrected chi connectivity index (χ0v) is 21.3. The summed E-state index contributed by atoms with van der Waals surface area (Å²) in [4.78, 5) is 20.6. The van der Waals surface area contributed by atoms with Gasteiger partial charge in [-0.3, -0.25) is 4.98 Å².